The number of anilines is 1. The fourth-order valence-corrected chi connectivity index (χ4v) is 3.05. The van der Waals surface area contributed by atoms with Gasteiger partial charge in [0.15, 0.2) is 0 Å². The third-order valence-electron chi connectivity index (χ3n) is 4.31. The van der Waals surface area contributed by atoms with E-state index in [-0.39, 0.29) is 18.3 Å². The van der Waals surface area contributed by atoms with Crippen LogP contribution in [0.15, 0.2) is 24.4 Å². The lowest BCUT2D eigenvalue weighted by atomic mass is 10.0. The smallest absolute Gasteiger partial charge is 0.224 e. The summed E-state index contributed by atoms with van der Waals surface area (Å²) in [6, 6.07) is 6.28. The summed E-state index contributed by atoms with van der Waals surface area (Å²) in [4.78, 5) is 12.1. The van der Waals surface area contributed by atoms with Crippen molar-refractivity contribution in [2.24, 2.45) is 5.92 Å². The van der Waals surface area contributed by atoms with Crippen LogP contribution in [0, 0.1) is 5.92 Å². The average Bonchev–Trinajstić information content (AvgIpc) is 3.14. The lowest BCUT2D eigenvalue weighted by Crippen LogP contribution is -2.15. The molecule has 6 heteroatoms. The molecule has 23 heavy (non-hydrogen) atoms. The number of hydrogen-bond acceptors (Lipinski definition) is 3. The Morgan fingerprint density at radius 1 is 1.48 bits per heavy atom. The highest BCUT2D eigenvalue weighted by molar-refractivity contribution is 5.93. The number of nitrogens with zero attached hydrogens (tertiary/aromatic N) is 2. The Hall–Kier alpha value is -1.59. The predicted molar refractivity (Wildman–Crippen MR) is 96.2 cm³/mol. The summed E-state index contributed by atoms with van der Waals surface area (Å²) < 4.78 is 1.98. The minimum Gasteiger partial charge on any atom is -0.326 e. The van der Waals surface area contributed by atoms with E-state index < -0.39 is 0 Å². The topological polar surface area (TPSA) is 59.0 Å². The van der Waals surface area contributed by atoms with Crippen molar-refractivity contribution in [2.45, 2.75) is 39.2 Å². The maximum absolute atomic E-state index is 12.1. The van der Waals surface area contributed by atoms with E-state index in [9.17, 15) is 4.79 Å². The first-order valence-electron chi connectivity index (χ1n) is 8.11. The highest BCUT2D eigenvalue weighted by Gasteiger charge is 2.16. The van der Waals surface area contributed by atoms with Crippen LogP contribution in [-0.4, -0.2) is 28.8 Å². The summed E-state index contributed by atoms with van der Waals surface area (Å²) in [6.07, 6.45) is 4.61. The molecule has 1 aromatic heterocycles. The number of hydrogen-bond donors (Lipinski definition) is 2. The first-order chi connectivity index (χ1) is 10.6. The lowest BCUT2D eigenvalue weighted by Gasteiger charge is -2.10. The van der Waals surface area contributed by atoms with Crippen molar-refractivity contribution >= 4 is 34.9 Å². The van der Waals surface area contributed by atoms with Crippen molar-refractivity contribution in [1.29, 1.82) is 0 Å². The van der Waals surface area contributed by atoms with Crippen LogP contribution in [0.2, 0.25) is 0 Å². The monoisotopic (exact) mass is 336 g/mol. The normalized spacial score (nSPS) is 17.4. The second-order valence-electron chi connectivity index (χ2n) is 6.40. The number of aromatic nitrogens is 2. The Labute approximate surface area is 143 Å². The van der Waals surface area contributed by atoms with Crippen molar-refractivity contribution in [3.63, 3.8) is 0 Å². The van der Waals surface area contributed by atoms with E-state index in [4.69, 9.17) is 0 Å². The van der Waals surface area contributed by atoms with Crippen molar-refractivity contribution in [3.05, 3.63) is 24.4 Å². The van der Waals surface area contributed by atoms with E-state index in [2.05, 4.69) is 29.6 Å². The number of rotatable bonds is 5. The van der Waals surface area contributed by atoms with E-state index in [1.807, 2.05) is 29.1 Å². The van der Waals surface area contributed by atoms with Gasteiger partial charge in [-0.25, -0.2) is 0 Å². The number of fused-ring (bicyclic) bond motifs is 1. The van der Waals surface area contributed by atoms with E-state index in [1.165, 1.54) is 6.42 Å². The predicted octanol–water partition coefficient (Wildman–Crippen LogP) is 3.37. The molecule has 0 aliphatic carbocycles. The van der Waals surface area contributed by atoms with Gasteiger partial charge in [0.1, 0.15) is 0 Å². The van der Waals surface area contributed by atoms with Crippen LogP contribution in [0.4, 0.5) is 5.69 Å². The molecule has 0 bridgehead atoms. The number of amides is 1. The summed E-state index contributed by atoms with van der Waals surface area (Å²) >= 11 is 0. The minimum absolute atomic E-state index is 0. The van der Waals surface area contributed by atoms with Crippen LogP contribution in [0.3, 0.4) is 0 Å². The molecule has 1 fully saturated rings. The quantitative estimate of drug-likeness (QED) is 0.880. The van der Waals surface area contributed by atoms with Crippen molar-refractivity contribution in [1.82, 2.24) is 15.1 Å². The zero-order chi connectivity index (χ0) is 15.5. The van der Waals surface area contributed by atoms with Crippen LogP contribution in [0.5, 0.6) is 0 Å². The second kappa shape index (κ2) is 7.79. The van der Waals surface area contributed by atoms with Gasteiger partial charge >= 0.3 is 0 Å². The fourth-order valence-electron chi connectivity index (χ4n) is 3.05. The molecule has 3 rings (SSSR count). The SMILES string of the molecule is CC(C)n1ncc2ccc(NC(=O)CCC3CCNC3)cc21.Cl. The molecule has 1 atom stereocenters. The van der Waals surface area contributed by atoms with Gasteiger partial charge in [-0.3, -0.25) is 9.48 Å². The van der Waals surface area contributed by atoms with Gasteiger partial charge in [-0.05, 0) is 63.9 Å². The maximum Gasteiger partial charge on any atom is 0.224 e. The third-order valence-corrected chi connectivity index (χ3v) is 4.31. The van der Waals surface area contributed by atoms with Gasteiger partial charge in [0.25, 0.3) is 0 Å². The molecule has 2 aromatic rings. The third kappa shape index (κ3) is 4.24. The highest BCUT2D eigenvalue weighted by atomic mass is 35.5. The Morgan fingerprint density at radius 3 is 3.00 bits per heavy atom. The average molecular weight is 337 g/mol. The molecule has 0 spiro atoms. The van der Waals surface area contributed by atoms with E-state index >= 15 is 0 Å². The molecule has 0 saturated carbocycles. The van der Waals surface area contributed by atoms with Gasteiger partial charge in [-0.15, -0.1) is 12.4 Å². The molecule has 5 nitrogen and oxygen atoms in total. The molecular formula is C17H25ClN4O. The summed E-state index contributed by atoms with van der Waals surface area (Å²) in [5, 5.41) is 11.9. The van der Waals surface area contributed by atoms with Gasteiger partial charge in [-0.1, -0.05) is 0 Å². The van der Waals surface area contributed by atoms with E-state index in [1.54, 1.807) is 0 Å². The molecule has 126 valence electrons. The Morgan fingerprint density at radius 2 is 2.30 bits per heavy atom. The summed E-state index contributed by atoms with van der Waals surface area (Å²) in [7, 11) is 0. The van der Waals surface area contributed by atoms with Crippen LogP contribution < -0.4 is 10.6 Å². The second-order valence-corrected chi connectivity index (χ2v) is 6.40. The number of carbonyl (C=O) groups is 1. The molecule has 1 aromatic carbocycles. The molecule has 1 aliphatic heterocycles. The minimum atomic E-state index is 0. The van der Waals surface area contributed by atoms with E-state index in [0.29, 0.717) is 18.4 Å². The first-order valence-corrected chi connectivity index (χ1v) is 8.11. The standard InChI is InChI=1S/C17H24N4O.ClH/c1-12(2)21-16-9-15(5-4-14(16)11-19-21)20-17(22)6-3-13-7-8-18-10-13;/h4-5,9,11-13,18H,3,6-8,10H2,1-2H3,(H,20,22);1H. The zero-order valence-corrected chi connectivity index (χ0v) is 14.5. The van der Waals surface area contributed by atoms with Crippen molar-refractivity contribution in [2.75, 3.05) is 18.4 Å². The van der Waals surface area contributed by atoms with Gasteiger partial charge in [0.2, 0.25) is 5.91 Å². The molecule has 1 saturated heterocycles. The largest absolute Gasteiger partial charge is 0.326 e. The zero-order valence-electron chi connectivity index (χ0n) is 13.7. The summed E-state index contributed by atoms with van der Waals surface area (Å²) in [6.45, 7) is 6.34. The summed E-state index contributed by atoms with van der Waals surface area (Å²) in [5.74, 6) is 0.748. The Balaban J connectivity index is 0.00000192. The fraction of sp³-hybridized carbons (Fsp3) is 0.529. The highest BCUT2D eigenvalue weighted by Crippen LogP contribution is 2.22. The van der Waals surface area contributed by atoms with Crippen LogP contribution >= 0.6 is 12.4 Å². The Bertz CT molecular complexity index is 662. The van der Waals surface area contributed by atoms with Crippen LogP contribution in [-0.2, 0) is 4.79 Å². The maximum atomic E-state index is 12.1. The van der Waals surface area contributed by atoms with Gasteiger partial charge in [0, 0.05) is 23.5 Å². The molecule has 1 unspecified atom stereocenters. The number of carbonyl (C=O) groups excluding carboxylic acids is 1. The number of benzene rings is 1. The molecule has 2 N–H and O–H groups in total. The van der Waals surface area contributed by atoms with Crippen LogP contribution in [0.25, 0.3) is 10.9 Å². The number of halogens is 1. The molecule has 2 heterocycles. The molecule has 1 aliphatic rings. The van der Waals surface area contributed by atoms with E-state index in [0.717, 1.165) is 36.1 Å². The first kappa shape index (κ1) is 17.8. The van der Waals surface area contributed by atoms with Crippen molar-refractivity contribution < 1.29 is 4.79 Å². The molecular weight excluding hydrogens is 312 g/mol. The van der Waals surface area contributed by atoms with Crippen molar-refractivity contribution in [3.8, 4) is 0 Å². The lowest BCUT2D eigenvalue weighted by molar-refractivity contribution is -0.116. The summed E-state index contributed by atoms with van der Waals surface area (Å²) in [5.41, 5.74) is 1.91. The van der Waals surface area contributed by atoms with Gasteiger partial charge < -0.3 is 10.6 Å². The number of nitrogens with one attached hydrogen (secondary N) is 2. The van der Waals surface area contributed by atoms with Gasteiger partial charge in [0.05, 0.1) is 11.7 Å². The molecule has 1 amide bonds. The van der Waals surface area contributed by atoms with Gasteiger partial charge in [-0.2, -0.15) is 5.10 Å². The molecule has 0 radical (unpaired) electrons. The Kier molecular flexibility index (Phi) is 6.02. The van der Waals surface area contributed by atoms with Crippen LogP contribution in [0.1, 0.15) is 39.2 Å².